The number of carbonyl (C=O) groups excluding carboxylic acids is 2. The van der Waals surface area contributed by atoms with Crippen molar-refractivity contribution in [2.24, 2.45) is 0 Å². The van der Waals surface area contributed by atoms with E-state index in [1.54, 1.807) is 0 Å². The van der Waals surface area contributed by atoms with E-state index in [4.69, 9.17) is 0 Å². The molecule has 1 aliphatic carbocycles. The molecule has 23 heavy (non-hydrogen) atoms. The van der Waals surface area contributed by atoms with Gasteiger partial charge in [-0.15, -0.1) is 0 Å². The van der Waals surface area contributed by atoms with Crippen LogP contribution in [0, 0.1) is 5.82 Å². The number of hydrogen-bond acceptors (Lipinski definition) is 2. The van der Waals surface area contributed by atoms with Gasteiger partial charge in [0.15, 0.2) is 12.6 Å². The highest BCUT2D eigenvalue weighted by molar-refractivity contribution is 5.91. The van der Waals surface area contributed by atoms with Gasteiger partial charge < -0.3 is 15.5 Å². The Balaban J connectivity index is 1.79. The van der Waals surface area contributed by atoms with Gasteiger partial charge in [-0.1, -0.05) is 12.8 Å². The molecule has 1 unspecified atom stereocenters. The minimum atomic E-state index is -0.344. The number of hydrogen-bond donors (Lipinski definition) is 3. The number of halogens is 1. The van der Waals surface area contributed by atoms with Gasteiger partial charge in [-0.2, -0.15) is 0 Å². The molecule has 1 aromatic carbocycles. The van der Waals surface area contributed by atoms with Crippen LogP contribution in [0.1, 0.15) is 32.6 Å². The van der Waals surface area contributed by atoms with Crippen LogP contribution in [0.2, 0.25) is 0 Å². The van der Waals surface area contributed by atoms with E-state index in [2.05, 4.69) is 10.6 Å². The van der Waals surface area contributed by atoms with Crippen LogP contribution in [0.15, 0.2) is 24.3 Å². The van der Waals surface area contributed by atoms with Gasteiger partial charge in [-0.25, -0.2) is 4.39 Å². The predicted molar refractivity (Wildman–Crippen MR) is 86.6 cm³/mol. The highest BCUT2D eigenvalue weighted by atomic mass is 19.1. The summed E-state index contributed by atoms with van der Waals surface area (Å²) in [6.45, 7) is 2.00. The molecule has 1 saturated carbocycles. The fraction of sp³-hybridized carbons (Fsp3) is 0.529. The van der Waals surface area contributed by atoms with Gasteiger partial charge in [0.1, 0.15) is 5.82 Å². The summed E-state index contributed by atoms with van der Waals surface area (Å²) < 4.78 is 12.8. The Hall–Kier alpha value is -1.95. The molecule has 2 amide bonds. The van der Waals surface area contributed by atoms with Crippen molar-refractivity contribution in [2.75, 3.05) is 18.9 Å². The molecule has 0 heterocycles. The Morgan fingerprint density at radius 2 is 1.87 bits per heavy atom. The van der Waals surface area contributed by atoms with E-state index in [0.717, 1.165) is 17.7 Å². The van der Waals surface area contributed by atoms with Crippen molar-refractivity contribution in [3.8, 4) is 0 Å². The maximum absolute atomic E-state index is 12.8. The highest BCUT2D eigenvalue weighted by Gasteiger charge is 2.26. The van der Waals surface area contributed by atoms with Crippen LogP contribution in [0.4, 0.5) is 10.1 Å². The molecule has 0 aliphatic heterocycles. The maximum Gasteiger partial charge on any atom is 0.279 e. The Kier molecular flexibility index (Phi) is 6.10. The second-order valence-electron chi connectivity index (χ2n) is 6.29. The normalized spacial score (nSPS) is 17.5. The van der Waals surface area contributed by atoms with Gasteiger partial charge in [-0.05, 0) is 44.0 Å². The number of benzene rings is 1. The number of likely N-dealkylation sites (N-methyl/N-ethyl adjacent to an activating group) is 1. The summed E-state index contributed by atoms with van der Waals surface area (Å²) in [5.74, 6) is -0.554. The van der Waals surface area contributed by atoms with Crippen molar-refractivity contribution in [2.45, 2.75) is 44.7 Å². The van der Waals surface area contributed by atoms with Gasteiger partial charge in [-0.3, -0.25) is 9.59 Å². The first kappa shape index (κ1) is 17.4. The average molecular weight is 322 g/mol. The molecule has 0 bridgehead atoms. The molecule has 1 aliphatic rings. The van der Waals surface area contributed by atoms with Gasteiger partial charge in [0.05, 0.1) is 7.05 Å². The van der Waals surface area contributed by atoms with Crippen molar-refractivity contribution in [3.05, 3.63) is 30.1 Å². The molecule has 2 atom stereocenters. The molecular weight excluding hydrogens is 297 g/mol. The number of amides is 2. The first-order valence-corrected chi connectivity index (χ1v) is 8.14. The van der Waals surface area contributed by atoms with E-state index in [9.17, 15) is 14.0 Å². The average Bonchev–Trinajstić information content (AvgIpc) is 3.01. The zero-order chi connectivity index (χ0) is 16.8. The summed E-state index contributed by atoms with van der Waals surface area (Å²) in [6, 6.07) is 5.60. The third-order valence-corrected chi connectivity index (χ3v) is 4.40. The van der Waals surface area contributed by atoms with E-state index >= 15 is 0 Å². The molecule has 0 aromatic heterocycles. The molecule has 6 heteroatoms. The summed E-state index contributed by atoms with van der Waals surface area (Å²) >= 11 is 0. The van der Waals surface area contributed by atoms with Crippen LogP contribution >= 0.6 is 0 Å². The second kappa shape index (κ2) is 8.06. The van der Waals surface area contributed by atoms with E-state index in [0.29, 0.717) is 5.69 Å². The predicted octanol–water partition coefficient (Wildman–Crippen LogP) is 0.726. The SMILES string of the molecule is C[C@H](C(=O)NC1CCCC1)[NH+](C)CC(=O)Nc1ccc(F)cc1. The molecule has 0 radical (unpaired) electrons. The number of quaternary nitrogens is 1. The molecular formula is C17H25FN3O2+. The van der Waals surface area contributed by atoms with Crippen LogP contribution < -0.4 is 15.5 Å². The molecule has 1 aromatic rings. The number of rotatable bonds is 6. The largest absolute Gasteiger partial charge is 0.348 e. The van der Waals surface area contributed by atoms with Gasteiger partial charge in [0, 0.05) is 11.7 Å². The Morgan fingerprint density at radius 3 is 2.48 bits per heavy atom. The first-order chi connectivity index (χ1) is 11.0. The summed E-state index contributed by atoms with van der Waals surface area (Å²) in [4.78, 5) is 25.1. The molecule has 126 valence electrons. The monoisotopic (exact) mass is 322 g/mol. The topological polar surface area (TPSA) is 62.6 Å². The van der Waals surface area contributed by atoms with Crippen molar-refractivity contribution >= 4 is 17.5 Å². The van der Waals surface area contributed by atoms with E-state index in [1.807, 2.05) is 14.0 Å². The highest BCUT2D eigenvalue weighted by Crippen LogP contribution is 2.17. The lowest BCUT2D eigenvalue weighted by atomic mass is 10.2. The Bertz CT molecular complexity index is 541. The van der Waals surface area contributed by atoms with Crippen molar-refractivity contribution < 1.29 is 18.9 Å². The zero-order valence-electron chi connectivity index (χ0n) is 13.7. The van der Waals surface area contributed by atoms with Crippen molar-refractivity contribution in [3.63, 3.8) is 0 Å². The van der Waals surface area contributed by atoms with Gasteiger partial charge in [0.25, 0.3) is 11.8 Å². The maximum atomic E-state index is 12.8. The van der Waals surface area contributed by atoms with Gasteiger partial charge in [0.2, 0.25) is 0 Å². The molecule has 3 N–H and O–H groups in total. The lowest BCUT2D eigenvalue weighted by Gasteiger charge is -2.22. The standard InChI is InChI=1S/C17H24FN3O2/c1-12(17(23)20-14-5-3-4-6-14)21(2)11-16(22)19-15-9-7-13(18)8-10-15/h7-10,12,14H,3-6,11H2,1-2H3,(H,19,22)(H,20,23)/p+1/t12-/m1/s1. The summed E-state index contributed by atoms with van der Waals surface area (Å²) in [7, 11) is 1.82. The van der Waals surface area contributed by atoms with Crippen LogP contribution in [0.5, 0.6) is 0 Å². The van der Waals surface area contributed by atoms with Crippen LogP contribution in [0.25, 0.3) is 0 Å². The first-order valence-electron chi connectivity index (χ1n) is 8.14. The van der Waals surface area contributed by atoms with Crippen LogP contribution in [0.3, 0.4) is 0 Å². The molecule has 1 fully saturated rings. The quantitative estimate of drug-likeness (QED) is 0.723. The Labute approximate surface area is 136 Å². The van der Waals surface area contributed by atoms with Crippen LogP contribution in [-0.4, -0.2) is 37.5 Å². The minimum absolute atomic E-state index is 0.0102. The van der Waals surface area contributed by atoms with Gasteiger partial charge >= 0.3 is 0 Å². The smallest absolute Gasteiger partial charge is 0.279 e. The molecule has 2 rings (SSSR count). The second-order valence-corrected chi connectivity index (χ2v) is 6.29. The summed E-state index contributed by atoms with van der Waals surface area (Å²) in [5, 5.41) is 5.76. The molecule has 5 nitrogen and oxygen atoms in total. The Morgan fingerprint density at radius 1 is 1.26 bits per heavy atom. The molecule has 0 saturated heterocycles. The van der Waals surface area contributed by atoms with Crippen molar-refractivity contribution in [1.29, 1.82) is 0 Å². The molecule has 0 spiro atoms. The summed E-state index contributed by atoms with van der Waals surface area (Å²) in [5.41, 5.74) is 0.548. The summed E-state index contributed by atoms with van der Waals surface area (Å²) in [6.07, 6.45) is 4.43. The fourth-order valence-electron chi connectivity index (χ4n) is 2.76. The van der Waals surface area contributed by atoms with E-state index < -0.39 is 0 Å². The minimum Gasteiger partial charge on any atom is -0.348 e. The van der Waals surface area contributed by atoms with E-state index in [1.165, 1.54) is 37.1 Å². The fourth-order valence-corrected chi connectivity index (χ4v) is 2.76. The van der Waals surface area contributed by atoms with E-state index in [-0.39, 0.29) is 36.3 Å². The number of anilines is 1. The number of carbonyl (C=O) groups is 2. The third kappa shape index (κ3) is 5.32. The lowest BCUT2D eigenvalue weighted by Crippen LogP contribution is -3.15. The van der Waals surface area contributed by atoms with Crippen LogP contribution in [-0.2, 0) is 9.59 Å². The number of nitrogens with one attached hydrogen (secondary N) is 3. The zero-order valence-corrected chi connectivity index (χ0v) is 13.7. The van der Waals surface area contributed by atoms with Crippen molar-refractivity contribution in [1.82, 2.24) is 5.32 Å². The third-order valence-electron chi connectivity index (χ3n) is 4.40. The lowest BCUT2D eigenvalue weighted by molar-refractivity contribution is -0.885.